The molecule has 4 rings (SSSR count). The summed E-state index contributed by atoms with van der Waals surface area (Å²) in [6.07, 6.45) is -2.33. The molecular formula is C21H16Cl2F5N3O4S. The molecule has 1 atom stereocenters. The van der Waals surface area contributed by atoms with Gasteiger partial charge in [-0.25, -0.2) is 17.2 Å². The fourth-order valence-corrected chi connectivity index (χ4v) is 4.90. The predicted octanol–water partition coefficient (Wildman–Crippen LogP) is 3.91. The van der Waals surface area contributed by atoms with E-state index in [9.17, 15) is 30.8 Å². The van der Waals surface area contributed by atoms with Crippen molar-refractivity contribution in [3.8, 4) is 0 Å². The van der Waals surface area contributed by atoms with E-state index in [4.69, 9.17) is 28.0 Å². The first-order valence-corrected chi connectivity index (χ1v) is 12.9. The van der Waals surface area contributed by atoms with Crippen molar-refractivity contribution in [2.75, 3.05) is 25.1 Å². The van der Waals surface area contributed by atoms with Gasteiger partial charge in [-0.1, -0.05) is 23.2 Å². The van der Waals surface area contributed by atoms with Gasteiger partial charge in [0.2, 0.25) is 11.5 Å². The summed E-state index contributed by atoms with van der Waals surface area (Å²) in [5.41, 5.74) is -3.65. The highest BCUT2D eigenvalue weighted by Gasteiger charge is 2.60. The first-order chi connectivity index (χ1) is 16.5. The van der Waals surface area contributed by atoms with Crippen LogP contribution >= 0.6 is 23.2 Å². The number of carbonyl (C=O) groups excluding carboxylic acids is 1. The zero-order valence-corrected chi connectivity index (χ0v) is 20.5. The Hall–Kier alpha value is -2.48. The van der Waals surface area contributed by atoms with Crippen molar-refractivity contribution in [3.05, 3.63) is 69.2 Å². The number of nitrogens with one attached hydrogen (secondary N) is 1. The predicted molar refractivity (Wildman–Crippen MR) is 120 cm³/mol. The maximum atomic E-state index is 15.1. The van der Waals surface area contributed by atoms with Crippen LogP contribution in [-0.2, 0) is 30.7 Å². The van der Waals surface area contributed by atoms with E-state index in [1.165, 1.54) is 12.1 Å². The maximum absolute atomic E-state index is 15.1. The van der Waals surface area contributed by atoms with E-state index in [0.29, 0.717) is 6.08 Å². The normalized spacial score (nSPS) is 21.6. The zero-order valence-electron chi connectivity index (χ0n) is 18.2. The van der Waals surface area contributed by atoms with Crippen LogP contribution in [-0.4, -0.2) is 55.5 Å². The molecule has 0 saturated carbocycles. The third kappa shape index (κ3) is 4.76. The fourth-order valence-electron chi connectivity index (χ4n) is 3.79. The van der Waals surface area contributed by atoms with Gasteiger partial charge in [0.25, 0.3) is 0 Å². The van der Waals surface area contributed by atoms with E-state index in [1.54, 1.807) is 0 Å². The molecule has 1 unspecified atom stereocenters. The van der Waals surface area contributed by atoms with Crippen LogP contribution in [0.25, 0.3) is 5.70 Å². The molecule has 7 nitrogen and oxygen atoms in total. The molecule has 0 aliphatic carbocycles. The van der Waals surface area contributed by atoms with Gasteiger partial charge in [0, 0.05) is 23.6 Å². The van der Waals surface area contributed by atoms with Gasteiger partial charge in [0.05, 0.1) is 34.5 Å². The second-order valence-electron chi connectivity index (χ2n) is 8.47. The number of hydrogen-bond donors (Lipinski definition) is 1. The van der Waals surface area contributed by atoms with Crippen LogP contribution in [0.1, 0.15) is 16.8 Å². The van der Waals surface area contributed by atoms with Crippen LogP contribution in [0.15, 0.2) is 36.5 Å². The number of likely N-dealkylation sites (tertiary alicyclic amines) is 1. The second-order valence-corrected chi connectivity index (χ2v) is 11.4. The molecule has 1 aromatic carbocycles. The van der Waals surface area contributed by atoms with Crippen molar-refractivity contribution in [2.24, 2.45) is 0 Å². The molecule has 2 aromatic rings. The molecule has 0 spiro atoms. The Bertz CT molecular complexity index is 1340. The van der Waals surface area contributed by atoms with Crippen molar-refractivity contribution in [1.82, 2.24) is 15.4 Å². The van der Waals surface area contributed by atoms with Gasteiger partial charge in [0.15, 0.2) is 21.3 Å². The summed E-state index contributed by atoms with van der Waals surface area (Å²) in [6.45, 7) is -0.831. The first kappa shape index (κ1) is 26.6. The summed E-state index contributed by atoms with van der Waals surface area (Å²) in [7, 11) is -3.58. The maximum Gasteiger partial charge on any atom is 0.428 e. The van der Waals surface area contributed by atoms with Crippen molar-refractivity contribution in [3.63, 3.8) is 0 Å². The lowest BCUT2D eigenvalue weighted by Gasteiger charge is -2.43. The van der Waals surface area contributed by atoms with E-state index >= 15 is 4.39 Å². The Morgan fingerprint density at radius 2 is 1.83 bits per heavy atom. The minimum absolute atomic E-state index is 0.0895. The average molecular weight is 572 g/mol. The third-order valence-electron chi connectivity index (χ3n) is 5.66. The number of rotatable bonds is 5. The molecule has 0 radical (unpaired) electrons. The number of carbonyl (C=O) groups is 1. The molecule has 1 aromatic heterocycles. The van der Waals surface area contributed by atoms with Gasteiger partial charge in [-0.2, -0.15) is 13.2 Å². The molecule has 2 aliphatic rings. The first-order valence-electron chi connectivity index (χ1n) is 10.0. The summed E-state index contributed by atoms with van der Waals surface area (Å²) in [4.78, 5) is 21.8. The lowest BCUT2D eigenvalue weighted by atomic mass is 9.90. The molecule has 1 saturated heterocycles. The number of sulfone groups is 1. The Morgan fingerprint density at radius 3 is 2.33 bits per heavy atom. The van der Waals surface area contributed by atoms with Gasteiger partial charge >= 0.3 is 6.18 Å². The monoisotopic (exact) mass is 571 g/mol. The highest BCUT2D eigenvalue weighted by atomic mass is 35.5. The molecule has 36 heavy (non-hydrogen) atoms. The summed E-state index contributed by atoms with van der Waals surface area (Å²) in [5.74, 6) is -2.58. The number of benzene rings is 1. The van der Waals surface area contributed by atoms with E-state index in [0.717, 1.165) is 29.5 Å². The van der Waals surface area contributed by atoms with E-state index in [-0.39, 0.29) is 17.0 Å². The van der Waals surface area contributed by atoms with Crippen molar-refractivity contribution in [1.29, 1.82) is 0 Å². The number of hydrogen-bond acceptors (Lipinski definition) is 6. The minimum Gasteiger partial charge on any atom is -0.334 e. The summed E-state index contributed by atoms with van der Waals surface area (Å²) in [6, 6.07) is 4.03. The second kappa shape index (κ2) is 8.82. The Kier molecular flexibility index (Phi) is 6.51. The smallest absolute Gasteiger partial charge is 0.334 e. The SMILES string of the molecule is CS(=O)(=O)CC(=O)N1CC(F)(c2ccc(C3=CC(c4cc(Cl)c(F)c(Cl)c4)(C(F)(F)F)ON3)cn2)C1. The Balaban J connectivity index is 1.58. The highest BCUT2D eigenvalue weighted by molar-refractivity contribution is 7.91. The zero-order chi connectivity index (χ0) is 26.7. The number of aromatic nitrogens is 1. The number of nitrogens with zero attached hydrogens (tertiary/aromatic N) is 2. The molecule has 1 fully saturated rings. The van der Waals surface area contributed by atoms with Gasteiger partial charge in [-0.15, -0.1) is 0 Å². The summed E-state index contributed by atoms with van der Waals surface area (Å²) < 4.78 is 93.7. The Labute approximate surface area is 211 Å². The minimum atomic E-state index is -5.02. The highest BCUT2D eigenvalue weighted by Crippen LogP contribution is 2.48. The van der Waals surface area contributed by atoms with Crippen LogP contribution in [0.4, 0.5) is 22.0 Å². The van der Waals surface area contributed by atoms with E-state index < -0.39 is 73.5 Å². The lowest BCUT2D eigenvalue weighted by molar-refractivity contribution is -0.269. The molecule has 3 heterocycles. The molecule has 1 N–H and O–H groups in total. The van der Waals surface area contributed by atoms with Crippen molar-refractivity contribution in [2.45, 2.75) is 17.4 Å². The molecule has 2 aliphatic heterocycles. The van der Waals surface area contributed by atoms with Crippen LogP contribution in [0.3, 0.4) is 0 Å². The quantitative estimate of drug-likeness (QED) is 0.432. The fraction of sp³-hybridized carbons (Fsp3) is 0.333. The topological polar surface area (TPSA) is 88.6 Å². The van der Waals surface area contributed by atoms with Crippen LogP contribution in [0.2, 0.25) is 10.0 Å². The lowest BCUT2D eigenvalue weighted by Crippen LogP contribution is -2.60. The Morgan fingerprint density at radius 1 is 1.22 bits per heavy atom. The van der Waals surface area contributed by atoms with Crippen LogP contribution in [0, 0.1) is 5.82 Å². The van der Waals surface area contributed by atoms with E-state index in [2.05, 4.69) is 10.5 Å². The van der Waals surface area contributed by atoms with Gasteiger partial charge in [-0.3, -0.25) is 20.1 Å². The number of hydroxylamine groups is 1. The molecule has 15 heteroatoms. The summed E-state index contributed by atoms with van der Waals surface area (Å²) >= 11 is 11.4. The number of halogens is 7. The van der Waals surface area contributed by atoms with Gasteiger partial charge < -0.3 is 4.90 Å². The molecule has 194 valence electrons. The number of alkyl halides is 4. The average Bonchev–Trinajstić information content (AvgIpc) is 3.21. The molecular weight excluding hydrogens is 556 g/mol. The standard InChI is InChI=1S/C21H16Cl2F5N3O4S/c1-36(33,34)8-17(32)31-9-19(25,10-31)16-3-2-11(7-29-16)15-6-20(35-30-15,21(26,27)28)12-4-13(22)18(24)14(23)5-12/h2-7,30H,8-10H2,1H3. The van der Waals surface area contributed by atoms with Crippen LogP contribution in [0.5, 0.6) is 0 Å². The van der Waals surface area contributed by atoms with Gasteiger partial charge in [0.1, 0.15) is 5.75 Å². The van der Waals surface area contributed by atoms with Crippen molar-refractivity contribution >= 4 is 44.6 Å². The molecule has 1 amide bonds. The van der Waals surface area contributed by atoms with Gasteiger partial charge in [-0.05, 0) is 30.3 Å². The van der Waals surface area contributed by atoms with Crippen molar-refractivity contribution < 1.29 is 40.0 Å². The van der Waals surface area contributed by atoms with Crippen LogP contribution < -0.4 is 5.48 Å². The third-order valence-corrected chi connectivity index (χ3v) is 6.98. The van der Waals surface area contributed by atoms with E-state index in [1.807, 2.05) is 0 Å². The molecule has 0 bridgehead atoms. The number of amides is 1. The summed E-state index contributed by atoms with van der Waals surface area (Å²) in [5, 5.41) is -1.26. The number of pyridine rings is 1. The largest absolute Gasteiger partial charge is 0.428 e.